The number of hydrogen-bond donors (Lipinski definition) is 0. The molecule has 0 radical (unpaired) electrons. The van der Waals surface area contributed by atoms with Gasteiger partial charge >= 0.3 is 0 Å². The Hall–Kier alpha value is -0.810. The summed E-state index contributed by atoms with van der Waals surface area (Å²) in [5, 5.41) is 8.33. The van der Waals surface area contributed by atoms with Crippen LogP contribution in [0.15, 0.2) is 12.2 Å². The van der Waals surface area contributed by atoms with Crippen LogP contribution in [-0.2, 0) is 4.74 Å². The van der Waals surface area contributed by atoms with E-state index in [1.165, 1.54) is 57.8 Å². The zero-order valence-electron chi connectivity index (χ0n) is 12.7. The van der Waals surface area contributed by atoms with Crippen LogP contribution in [0.1, 0.15) is 77.6 Å². The summed E-state index contributed by atoms with van der Waals surface area (Å²) in [6.07, 6.45) is 18.2. The number of nitrogens with zero attached hydrogens (tertiary/aromatic N) is 1. The second kappa shape index (κ2) is 17.2. The molecule has 0 saturated carbocycles. The standard InChI is InChI=1S/C17H31NO/c1-2-3-4-5-6-7-8-9-10-11-12-13-16-19-17-14-15-18/h11-12H,2-10,13-14,16-17H2,1H3/b12-11+. The lowest BCUT2D eigenvalue weighted by Crippen LogP contribution is -1.94. The normalized spacial score (nSPS) is 10.9. The van der Waals surface area contributed by atoms with Crippen molar-refractivity contribution in [2.75, 3.05) is 13.2 Å². The molecule has 0 aromatic heterocycles. The fourth-order valence-electron chi connectivity index (χ4n) is 2.00. The maximum absolute atomic E-state index is 8.33. The molecule has 0 aromatic rings. The fraction of sp³-hybridized carbons (Fsp3) is 0.824. The average molecular weight is 265 g/mol. The minimum absolute atomic E-state index is 0.502. The Morgan fingerprint density at radius 1 is 0.842 bits per heavy atom. The van der Waals surface area contributed by atoms with Crippen molar-refractivity contribution >= 4 is 0 Å². The molecule has 110 valence electrons. The molecule has 0 atom stereocenters. The highest BCUT2D eigenvalue weighted by Gasteiger charge is 1.90. The van der Waals surface area contributed by atoms with E-state index < -0.39 is 0 Å². The van der Waals surface area contributed by atoms with Gasteiger partial charge in [-0.3, -0.25) is 0 Å². The molecule has 0 heterocycles. The van der Waals surface area contributed by atoms with Gasteiger partial charge in [0.15, 0.2) is 0 Å². The molecule has 0 aliphatic carbocycles. The van der Waals surface area contributed by atoms with Crippen molar-refractivity contribution < 1.29 is 4.74 Å². The first-order chi connectivity index (χ1) is 9.41. The van der Waals surface area contributed by atoms with Crippen LogP contribution >= 0.6 is 0 Å². The summed E-state index contributed by atoms with van der Waals surface area (Å²) in [6, 6.07) is 2.07. The van der Waals surface area contributed by atoms with Crippen molar-refractivity contribution in [1.82, 2.24) is 0 Å². The first kappa shape index (κ1) is 18.2. The van der Waals surface area contributed by atoms with Crippen molar-refractivity contribution in [3.63, 3.8) is 0 Å². The van der Waals surface area contributed by atoms with Gasteiger partial charge < -0.3 is 4.74 Å². The van der Waals surface area contributed by atoms with Crippen LogP contribution in [0.3, 0.4) is 0 Å². The Labute approximate surface area is 119 Å². The highest BCUT2D eigenvalue weighted by atomic mass is 16.5. The van der Waals surface area contributed by atoms with Gasteiger partial charge in [0.1, 0.15) is 0 Å². The number of nitriles is 1. The van der Waals surface area contributed by atoms with Gasteiger partial charge in [0, 0.05) is 0 Å². The quantitative estimate of drug-likeness (QED) is 0.311. The van der Waals surface area contributed by atoms with Crippen LogP contribution in [0.2, 0.25) is 0 Å². The van der Waals surface area contributed by atoms with E-state index in [9.17, 15) is 0 Å². The number of hydrogen-bond acceptors (Lipinski definition) is 2. The van der Waals surface area contributed by atoms with Gasteiger partial charge in [0.25, 0.3) is 0 Å². The highest BCUT2D eigenvalue weighted by molar-refractivity contribution is 4.81. The average Bonchev–Trinajstić information content (AvgIpc) is 2.43. The van der Waals surface area contributed by atoms with Crippen molar-refractivity contribution in [2.24, 2.45) is 0 Å². The predicted molar refractivity (Wildman–Crippen MR) is 82.0 cm³/mol. The summed E-state index contributed by atoms with van der Waals surface area (Å²) in [6.45, 7) is 3.58. The number of allylic oxidation sites excluding steroid dienone is 1. The second-order valence-corrected chi connectivity index (χ2v) is 5.04. The Morgan fingerprint density at radius 3 is 2.16 bits per heavy atom. The molecular weight excluding hydrogens is 234 g/mol. The maximum Gasteiger partial charge on any atom is 0.0645 e. The summed E-state index contributed by atoms with van der Waals surface area (Å²) in [5.74, 6) is 0. The lowest BCUT2D eigenvalue weighted by atomic mass is 10.1. The van der Waals surface area contributed by atoms with Gasteiger partial charge in [-0.2, -0.15) is 5.26 Å². The molecule has 0 unspecified atom stereocenters. The van der Waals surface area contributed by atoms with E-state index in [2.05, 4.69) is 25.1 Å². The number of unbranched alkanes of at least 4 members (excludes halogenated alkanes) is 8. The first-order valence-electron chi connectivity index (χ1n) is 8.01. The number of rotatable bonds is 14. The van der Waals surface area contributed by atoms with Crippen LogP contribution < -0.4 is 0 Å². The van der Waals surface area contributed by atoms with Crippen molar-refractivity contribution in [3.8, 4) is 6.07 Å². The monoisotopic (exact) mass is 265 g/mol. The Bertz CT molecular complexity index is 230. The molecule has 0 N–H and O–H groups in total. The molecule has 19 heavy (non-hydrogen) atoms. The first-order valence-corrected chi connectivity index (χ1v) is 8.01. The van der Waals surface area contributed by atoms with E-state index in [4.69, 9.17) is 10.00 Å². The minimum Gasteiger partial charge on any atom is -0.380 e. The van der Waals surface area contributed by atoms with Crippen molar-refractivity contribution in [3.05, 3.63) is 12.2 Å². The summed E-state index contributed by atoms with van der Waals surface area (Å²) >= 11 is 0. The third-order valence-electron chi connectivity index (χ3n) is 3.18. The largest absolute Gasteiger partial charge is 0.380 e. The molecule has 0 fully saturated rings. The second-order valence-electron chi connectivity index (χ2n) is 5.04. The van der Waals surface area contributed by atoms with Crippen LogP contribution in [0.4, 0.5) is 0 Å². The SMILES string of the molecule is CCCCCCCCCC/C=C/CCOCCC#N. The van der Waals surface area contributed by atoms with E-state index in [0.29, 0.717) is 13.0 Å². The molecule has 0 rings (SSSR count). The van der Waals surface area contributed by atoms with Crippen LogP contribution in [0, 0.1) is 11.3 Å². The molecular formula is C17H31NO. The third-order valence-corrected chi connectivity index (χ3v) is 3.18. The van der Waals surface area contributed by atoms with E-state index >= 15 is 0 Å². The Balaban J connectivity index is 3.03. The zero-order valence-corrected chi connectivity index (χ0v) is 12.7. The van der Waals surface area contributed by atoms with Crippen molar-refractivity contribution in [2.45, 2.75) is 77.6 Å². The maximum atomic E-state index is 8.33. The van der Waals surface area contributed by atoms with Gasteiger partial charge in [-0.15, -0.1) is 0 Å². The minimum atomic E-state index is 0.502. The Morgan fingerprint density at radius 2 is 1.47 bits per heavy atom. The summed E-state index contributed by atoms with van der Waals surface area (Å²) < 4.78 is 5.29. The van der Waals surface area contributed by atoms with E-state index in [0.717, 1.165) is 13.0 Å². The lowest BCUT2D eigenvalue weighted by molar-refractivity contribution is 0.144. The summed E-state index contributed by atoms with van der Waals surface area (Å²) in [4.78, 5) is 0. The van der Waals surface area contributed by atoms with Crippen LogP contribution in [0.5, 0.6) is 0 Å². The molecule has 0 aliphatic heterocycles. The molecule has 2 heteroatoms. The fourth-order valence-corrected chi connectivity index (χ4v) is 2.00. The van der Waals surface area contributed by atoms with Gasteiger partial charge in [0.05, 0.1) is 25.7 Å². The number of ether oxygens (including phenoxy) is 1. The summed E-state index contributed by atoms with van der Waals surface area (Å²) in [5.41, 5.74) is 0. The molecule has 0 aliphatic rings. The molecule has 0 bridgehead atoms. The highest BCUT2D eigenvalue weighted by Crippen LogP contribution is 2.09. The van der Waals surface area contributed by atoms with E-state index in [1.54, 1.807) is 0 Å². The van der Waals surface area contributed by atoms with Crippen LogP contribution in [-0.4, -0.2) is 13.2 Å². The zero-order chi connectivity index (χ0) is 14.0. The lowest BCUT2D eigenvalue weighted by Gasteiger charge is -2.00. The molecule has 0 spiro atoms. The molecule has 0 saturated heterocycles. The van der Waals surface area contributed by atoms with Gasteiger partial charge in [0.2, 0.25) is 0 Å². The van der Waals surface area contributed by atoms with Crippen molar-refractivity contribution in [1.29, 1.82) is 5.26 Å². The van der Waals surface area contributed by atoms with Gasteiger partial charge in [-0.05, 0) is 19.3 Å². The van der Waals surface area contributed by atoms with E-state index in [1.807, 2.05) is 0 Å². The summed E-state index contributed by atoms with van der Waals surface area (Å²) in [7, 11) is 0. The van der Waals surface area contributed by atoms with Gasteiger partial charge in [-0.25, -0.2) is 0 Å². The Kier molecular flexibility index (Phi) is 16.5. The van der Waals surface area contributed by atoms with E-state index in [-0.39, 0.29) is 0 Å². The topological polar surface area (TPSA) is 33.0 Å². The smallest absolute Gasteiger partial charge is 0.0645 e. The molecule has 0 aromatic carbocycles. The molecule has 2 nitrogen and oxygen atoms in total. The van der Waals surface area contributed by atoms with Crippen LogP contribution in [0.25, 0.3) is 0 Å². The molecule has 0 amide bonds. The third kappa shape index (κ3) is 17.2. The predicted octanol–water partition coefficient (Wildman–Crippen LogP) is 5.39. The van der Waals surface area contributed by atoms with Gasteiger partial charge in [-0.1, -0.05) is 64.0 Å².